The second kappa shape index (κ2) is 16.2. The third-order valence-corrected chi connectivity index (χ3v) is 10.6. The molecule has 2 aliphatic heterocycles. The topological polar surface area (TPSA) is 140 Å². The number of nitrogens with one attached hydrogen (secondary N) is 3. The SMILES string of the molecule is COC(=O)N[C@H](C(=O)N1CCC[C@H]1c1nc2ccc(C#Cc3ccc(-c4cnc([C@@H]5CCCN5C(=O)[C@H](c5ccccc5)N(C)C)[nH]4)cc3)cc2[nH]1)C(C)C. The van der Waals surface area contributed by atoms with E-state index in [0.717, 1.165) is 76.3 Å². The predicted molar refractivity (Wildman–Crippen MR) is 211 cm³/mol. The molecule has 0 unspecified atom stereocenters. The Morgan fingerprint density at radius 2 is 1.51 bits per heavy atom. The second-order valence-electron chi connectivity index (χ2n) is 14.9. The zero-order valence-corrected chi connectivity index (χ0v) is 32.0. The summed E-state index contributed by atoms with van der Waals surface area (Å²) in [6.45, 7) is 5.10. The van der Waals surface area contributed by atoms with Crippen LogP contribution in [0.25, 0.3) is 22.3 Å². The van der Waals surface area contributed by atoms with E-state index in [1.54, 1.807) is 0 Å². The van der Waals surface area contributed by atoms with E-state index < -0.39 is 12.1 Å². The molecule has 3 N–H and O–H groups in total. The van der Waals surface area contributed by atoms with Gasteiger partial charge in [-0.15, -0.1) is 0 Å². The van der Waals surface area contributed by atoms with Crippen LogP contribution in [0.5, 0.6) is 0 Å². The molecule has 12 heteroatoms. The van der Waals surface area contributed by atoms with Gasteiger partial charge in [-0.2, -0.15) is 0 Å². The summed E-state index contributed by atoms with van der Waals surface area (Å²) >= 11 is 0. The molecule has 55 heavy (non-hydrogen) atoms. The molecule has 5 aromatic rings. The summed E-state index contributed by atoms with van der Waals surface area (Å²) < 4.78 is 4.76. The van der Waals surface area contributed by atoms with Crippen LogP contribution in [0.3, 0.4) is 0 Å². The fraction of sp³-hybridized carbons (Fsp3) is 0.372. The molecule has 0 radical (unpaired) electrons. The summed E-state index contributed by atoms with van der Waals surface area (Å²) in [6.07, 6.45) is 4.64. The maximum Gasteiger partial charge on any atom is 0.407 e. The average Bonchev–Trinajstić information content (AvgIpc) is 4.02. The number of imidazole rings is 2. The lowest BCUT2D eigenvalue weighted by atomic mass is 10.0. The summed E-state index contributed by atoms with van der Waals surface area (Å²) in [5.74, 6) is 7.92. The van der Waals surface area contributed by atoms with Gasteiger partial charge >= 0.3 is 6.09 Å². The van der Waals surface area contributed by atoms with Crippen LogP contribution in [0, 0.1) is 17.8 Å². The number of hydrogen-bond acceptors (Lipinski definition) is 7. The first-order chi connectivity index (χ1) is 26.6. The zero-order chi connectivity index (χ0) is 38.6. The smallest absolute Gasteiger partial charge is 0.407 e. The Bertz CT molecular complexity index is 2220. The van der Waals surface area contributed by atoms with E-state index >= 15 is 0 Å². The molecular weight excluding hydrogens is 693 g/mol. The van der Waals surface area contributed by atoms with Crippen molar-refractivity contribution in [2.75, 3.05) is 34.3 Å². The second-order valence-corrected chi connectivity index (χ2v) is 14.9. The van der Waals surface area contributed by atoms with Gasteiger partial charge in [-0.1, -0.05) is 68.2 Å². The van der Waals surface area contributed by atoms with Crippen molar-refractivity contribution in [3.8, 4) is 23.1 Å². The molecule has 2 fully saturated rings. The van der Waals surface area contributed by atoms with Crippen LogP contribution in [0.15, 0.2) is 79.0 Å². The highest BCUT2D eigenvalue weighted by molar-refractivity contribution is 5.87. The largest absolute Gasteiger partial charge is 0.453 e. The van der Waals surface area contributed by atoms with Crippen LogP contribution < -0.4 is 5.32 Å². The molecule has 0 aliphatic carbocycles. The molecule has 0 spiro atoms. The molecule has 4 heterocycles. The molecule has 2 aliphatic rings. The van der Waals surface area contributed by atoms with Crippen LogP contribution in [0.4, 0.5) is 4.79 Å². The van der Waals surface area contributed by atoms with E-state index in [-0.39, 0.29) is 35.9 Å². The molecular formula is C43H48N8O4. The number of H-pyrrole nitrogens is 2. The van der Waals surface area contributed by atoms with E-state index in [9.17, 15) is 14.4 Å². The van der Waals surface area contributed by atoms with E-state index in [2.05, 4.69) is 27.1 Å². The number of likely N-dealkylation sites (tertiary alicyclic amines) is 2. The third-order valence-electron chi connectivity index (χ3n) is 10.6. The van der Waals surface area contributed by atoms with Crippen LogP contribution in [0.1, 0.15) is 86.0 Å². The van der Waals surface area contributed by atoms with Crippen LogP contribution >= 0.6 is 0 Å². The zero-order valence-electron chi connectivity index (χ0n) is 32.0. The Kier molecular flexibility index (Phi) is 11.0. The number of carbonyl (C=O) groups is 3. The average molecular weight is 741 g/mol. The maximum absolute atomic E-state index is 13.9. The number of alkyl carbamates (subject to hydrolysis) is 1. The Morgan fingerprint density at radius 1 is 0.855 bits per heavy atom. The van der Waals surface area contributed by atoms with Crippen molar-refractivity contribution in [1.29, 1.82) is 0 Å². The highest BCUT2D eigenvalue weighted by Gasteiger charge is 2.38. The fourth-order valence-corrected chi connectivity index (χ4v) is 7.76. The summed E-state index contributed by atoms with van der Waals surface area (Å²) in [7, 11) is 5.18. The summed E-state index contributed by atoms with van der Waals surface area (Å²) in [6, 6.07) is 22.5. The van der Waals surface area contributed by atoms with Crippen molar-refractivity contribution in [3.63, 3.8) is 0 Å². The minimum Gasteiger partial charge on any atom is -0.453 e. The predicted octanol–water partition coefficient (Wildman–Crippen LogP) is 6.36. The van der Waals surface area contributed by atoms with Crippen molar-refractivity contribution in [3.05, 3.63) is 107 Å². The Labute approximate surface area is 321 Å². The van der Waals surface area contributed by atoms with Gasteiger partial charge in [0.25, 0.3) is 0 Å². The normalized spacial score (nSPS) is 18.0. The highest BCUT2D eigenvalue weighted by atomic mass is 16.5. The molecule has 7 rings (SSSR count). The Hall–Kier alpha value is -5.93. The van der Waals surface area contributed by atoms with Gasteiger partial charge in [0.05, 0.1) is 42.1 Å². The van der Waals surface area contributed by atoms with Crippen LogP contribution in [-0.4, -0.2) is 92.9 Å². The molecule has 2 saturated heterocycles. The number of nitrogens with zero attached hydrogens (tertiary/aromatic N) is 5. The molecule has 2 aromatic heterocycles. The number of ether oxygens (including phenoxy) is 1. The maximum atomic E-state index is 13.9. The van der Waals surface area contributed by atoms with Gasteiger partial charge in [-0.05, 0) is 87.2 Å². The van der Waals surface area contributed by atoms with Gasteiger partial charge in [-0.3, -0.25) is 14.5 Å². The minimum atomic E-state index is -0.688. The van der Waals surface area contributed by atoms with Crippen molar-refractivity contribution >= 4 is 28.9 Å². The number of carbonyl (C=O) groups excluding carboxylic acids is 3. The lowest BCUT2D eigenvalue weighted by Crippen LogP contribution is -2.51. The number of fused-ring (bicyclic) bond motifs is 1. The van der Waals surface area contributed by atoms with Crippen molar-refractivity contribution < 1.29 is 19.1 Å². The van der Waals surface area contributed by atoms with Gasteiger partial charge in [0.15, 0.2) is 0 Å². The summed E-state index contributed by atoms with van der Waals surface area (Å²) in [4.78, 5) is 61.7. The van der Waals surface area contributed by atoms with Gasteiger partial charge in [-0.25, -0.2) is 14.8 Å². The monoisotopic (exact) mass is 740 g/mol. The van der Waals surface area contributed by atoms with Gasteiger partial charge in [0.1, 0.15) is 23.7 Å². The highest BCUT2D eigenvalue weighted by Crippen LogP contribution is 2.36. The minimum absolute atomic E-state index is 0.0882. The molecule has 0 bridgehead atoms. The number of aromatic amines is 2. The summed E-state index contributed by atoms with van der Waals surface area (Å²) in [5, 5.41) is 2.70. The van der Waals surface area contributed by atoms with Gasteiger partial charge in [0, 0.05) is 24.2 Å². The van der Waals surface area contributed by atoms with Crippen molar-refractivity contribution in [2.45, 2.75) is 63.7 Å². The Balaban J connectivity index is 1.02. The number of aromatic nitrogens is 4. The summed E-state index contributed by atoms with van der Waals surface area (Å²) in [5.41, 5.74) is 6.22. The first-order valence-electron chi connectivity index (χ1n) is 18.9. The first kappa shape index (κ1) is 37.4. The van der Waals surface area contributed by atoms with E-state index in [4.69, 9.17) is 14.7 Å². The lowest BCUT2D eigenvalue weighted by Gasteiger charge is -2.31. The number of benzene rings is 3. The number of methoxy groups -OCH3 is 1. The quantitative estimate of drug-likeness (QED) is 0.150. The molecule has 12 nitrogen and oxygen atoms in total. The molecule has 3 aromatic carbocycles. The van der Waals surface area contributed by atoms with E-state index in [1.807, 2.05) is 122 Å². The number of rotatable bonds is 9. The van der Waals surface area contributed by atoms with Crippen LogP contribution in [-0.2, 0) is 14.3 Å². The fourth-order valence-electron chi connectivity index (χ4n) is 7.76. The van der Waals surface area contributed by atoms with E-state index in [1.165, 1.54) is 7.11 Å². The van der Waals surface area contributed by atoms with Gasteiger partial charge in [0.2, 0.25) is 11.8 Å². The number of hydrogen-bond donors (Lipinski definition) is 3. The lowest BCUT2D eigenvalue weighted by molar-refractivity contribution is -0.137. The number of amides is 3. The molecule has 4 atom stereocenters. The number of likely N-dealkylation sites (N-methyl/N-ethyl adjacent to an activating group) is 1. The van der Waals surface area contributed by atoms with Gasteiger partial charge < -0.3 is 29.8 Å². The first-order valence-corrected chi connectivity index (χ1v) is 18.9. The molecule has 3 amide bonds. The third kappa shape index (κ3) is 7.98. The standard InChI is InChI=1S/C43H48N8O4/c1-27(2)37(48-43(54)55-5)41(52)50-23-10-14-36(50)40-45-32-22-19-29(25-33(32)46-40)16-15-28-17-20-30(21-18-28)34-26-44-39(47-34)35-13-9-24-51(35)42(53)38(49(3)4)31-11-7-6-8-12-31/h6-8,11-12,17-22,25-27,35-38H,9-10,13-14,23-24H2,1-5H3,(H,44,47)(H,45,46)(H,48,54)/t35-,36-,37-,38-/m0/s1. The van der Waals surface area contributed by atoms with Crippen LogP contribution in [0.2, 0.25) is 0 Å². The molecule has 0 saturated carbocycles. The van der Waals surface area contributed by atoms with E-state index in [0.29, 0.717) is 13.1 Å². The Morgan fingerprint density at radius 3 is 2.18 bits per heavy atom. The van der Waals surface area contributed by atoms with Crippen molar-refractivity contribution in [1.82, 2.24) is 40.0 Å². The molecule has 284 valence electrons. The van der Waals surface area contributed by atoms with Crippen molar-refractivity contribution in [2.24, 2.45) is 5.92 Å².